The topological polar surface area (TPSA) is 69.7 Å². The van der Waals surface area contributed by atoms with E-state index in [1.165, 1.54) is 0 Å². The molecule has 3 rings (SSSR count). The average Bonchev–Trinajstić information content (AvgIpc) is 2.78. The van der Waals surface area contributed by atoms with E-state index < -0.39 is 0 Å². The molecule has 6 nitrogen and oxygen atoms in total. The molecule has 1 N–H and O–H groups in total. The first-order valence-electron chi connectivity index (χ1n) is 9.62. The first kappa shape index (κ1) is 21.2. The Balaban J connectivity index is 1.82. The number of aromatic nitrogens is 1. The van der Waals surface area contributed by atoms with Crippen molar-refractivity contribution in [3.8, 4) is 28.5 Å². The van der Waals surface area contributed by atoms with Crippen LogP contribution in [-0.2, 0) is 0 Å². The normalized spacial score (nSPS) is 11.5. The van der Waals surface area contributed by atoms with Crippen LogP contribution in [0.2, 0.25) is 0 Å². The van der Waals surface area contributed by atoms with E-state index in [1.54, 1.807) is 21.3 Å². The maximum atomic E-state index is 12.9. The van der Waals surface area contributed by atoms with Crippen molar-refractivity contribution in [2.45, 2.75) is 19.9 Å². The first-order chi connectivity index (χ1) is 14.5. The lowest BCUT2D eigenvalue weighted by atomic mass is 10.0. The van der Waals surface area contributed by atoms with E-state index in [1.807, 2.05) is 68.4 Å². The second-order valence-corrected chi connectivity index (χ2v) is 6.85. The summed E-state index contributed by atoms with van der Waals surface area (Å²) >= 11 is 0. The molecular formula is C24H26N2O4. The van der Waals surface area contributed by atoms with Crippen molar-refractivity contribution in [2.24, 2.45) is 0 Å². The zero-order valence-electron chi connectivity index (χ0n) is 17.9. The second kappa shape index (κ2) is 9.31. The Bertz CT molecular complexity index is 1010. The summed E-state index contributed by atoms with van der Waals surface area (Å²) in [5, 5.41) is 3.02. The fourth-order valence-electron chi connectivity index (χ4n) is 3.28. The Labute approximate surface area is 176 Å². The maximum absolute atomic E-state index is 12.9. The Morgan fingerprint density at radius 1 is 0.933 bits per heavy atom. The van der Waals surface area contributed by atoms with E-state index in [0.717, 1.165) is 16.8 Å². The molecule has 6 heteroatoms. The predicted octanol–water partition coefficient (Wildman–Crippen LogP) is 4.57. The fourth-order valence-corrected chi connectivity index (χ4v) is 3.28. The Morgan fingerprint density at radius 2 is 1.57 bits per heavy atom. The number of amides is 1. The van der Waals surface area contributed by atoms with E-state index in [2.05, 4.69) is 10.3 Å². The molecule has 0 aliphatic heterocycles. The highest BCUT2D eigenvalue weighted by Crippen LogP contribution is 2.39. The van der Waals surface area contributed by atoms with Crippen LogP contribution >= 0.6 is 0 Å². The molecule has 0 fully saturated rings. The number of benzene rings is 2. The van der Waals surface area contributed by atoms with Crippen molar-refractivity contribution in [1.29, 1.82) is 0 Å². The third kappa shape index (κ3) is 4.38. The van der Waals surface area contributed by atoms with Gasteiger partial charge < -0.3 is 19.5 Å². The number of carbonyl (C=O) groups excluding carboxylic acids is 1. The van der Waals surface area contributed by atoms with Crippen molar-refractivity contribution in [3.05, 3.63) is 71.4 Å². The minimum Gasteiger partial charge on any atom is -0.493 e. The number of pyridine rings is 1. The van der Waals surface area contributed by atoms with Gasteiger partial charge in [0.15, 0.2) is 11.5 Å². The van der Waals surface area contributed by atoms with Gasteiger partial charge in [0.05, 0.1) is 44.3 Å². The number of rotatable bonds is 7. The molecule has 0 saturated heterocycles. The number of hydrogen-bond acceptors (Lipinski definition) is 5. The average molecular weight is 406 g/mol. The first-order valence-corrected chi connectivity index (χ1v) is 9.62. The Hall–Kier alpha value is -3.54. The molecular weight excluding hydrogens is 380 g/mol. The molecule has 0 radical (unpaired) electrons. The Kier molecular flexibility index (Phi) is 6.57. The number of nitrogens with one attached hydrogen (secondary N) is 1. The van der Waals surface area contributed by atoms with Crippen molar-refractivity contribution in [2.75, 3.05) is 21.3 Å². The number of ether oxygens (including phenoxy) is 3. The molecule has 0 aliphatic rings. The van der Waals surface area contributed by atoms with E-state index in [4.69, 9.17) is 14.2 Å². The van der Waals surface area contributed by atoms with Crippen LogP contribution in [0, 0.1) is 6.92 Å². The molecule has 0 bridgehead atoms. The number of carbonyl (C=O) groups is 1. The number of hydrogen-bond donors (Lipinski definition) is 1. The lowest BCUT2D eigenvalue weighted by molar-refractivity contribution is 0.0938. The lowest BCUT2D eigenvalue weighted by Gasteiger charge is -2.19. The van der Waals surface area contributed by atoms with Gasteiger partial charge in [-0.1, -0.05) is 30.3 Å². The van der Waals surface area contributed by atoms with Crippen LogP contribution in [-0.4, -0.2) is 32.2 Å². The van der Waals surface area contributed by atoms with Gasteiger partial charge in [0.25, 0.3) is 5.91 Å². The van der Waals surface area contributed by atoms with Crippen molar-refractivity contribution in [1.82, 2.24) is 10.3 Å². The molecule has 1 unspecified atom stereocenters. The molecule has 30 heavy (non-hydrogen) atoms. The molecule has 1 aromatic heterocycles. The van der Waals surface area contributed by atoms with E-state index in [9.17, 15) is 4.79 Å². The molecule has 3 aromatic rings. The van der Waals surface area contributed by atoms with Gasteiger partial charge in [0, 0.05) is 5.56 Å². The number of aryl methyl sites for hydroxylation is 1. The molecule has 156 valence electrons. The third-order valence-corrected chi connectivity index (χ3v) is 4.93. The van der Waals surface area contributed by atoms with Crippen LogP contribution < -0.4 is 19.5 Å². The summed E-state index contributed by atoms with van der Waals surface area (Å²) < 4.78 is 16.2. The van der Waals surface area contributed by atoms with Gasteiger partial charge in [0.1, 0.15) is 0 Å². The highest BCUT2D eigenvalue weighted by Gasteiger charge is 2.19. The lowest BCUT2D eigenvalue weighted by Crippen LogP contribution is -2.27. The molecule has 1 heterocycles. The van der Waals surface area contributed by atoms with E-state index in [0.29, 0.717) is 28.5 Å². The van der Waals surface area contributed by atoms with Gasteiger partial charge in [-0.15, -0.1) is 0 Å². The summed E-state index contributed by atoms with van der Waals surface area (Å²) in [5.41, 5.74) is 3.89. The predicted molar refractivity (Wildman–Crippen MR) is 116 cm³/mol. The van der Waals surface area contributed by atoms with Gasteiger partial charge in [-0.25, -0.2) is 0 Å². The zero-order valence-corrected chi connectivity index (χ0v) is 17.9. The second-order valence-electron chi connectivity index (χ2n) is 6.85. The summed E-state index contributed by atoms with van der Waals surface area (Å²) in [4.78, 5) is 17.5. The van der Waals surface area contributed by atoms with Crippen LogP contribution in [0.5, 0.6) is 17.2 Å². The zero-order chi connectivity index (χ0) is 21.7. The molecule has 0 saturated carbocycles. The smallest absolute Gasteiger partial charge is 0.253 e. The number of methoxy groups -OCH3 is 3. The van der Waals surface area contributed by atoms with Gasteiger partial charge >= 0.3 is 0 Å². The van der Waals surface area contributed by atoms with E-state index in [-0.39, 0.29) is 11.9 Å². The summed E-state index contributed by atoms with van der Waals surface area (Å²) in [7, 11) is 4.68. The van der Waals surface area contributed by atoms with Gasteiger partial charge in [-0.05, 0) is 43.7 Å². The molecule has 0 aliphatic carbocycles. The van der Waals surface area contributed by atoms with Gasteiger partial charge in [-0.3, -0.25) is 9.78 Å². The molecule has 0 spiro atoms. The summed E-state index contributed by atoms with van der Waals surface area (Å²) in [5.74, 6) is 1.40. The Morgan fingerprint density at radius 3 is 2.10 bits per heavy atom. The van der Waals surface area contributed by atoms with Crippen molar-refractivity contribution < 1.29 is 19.0 Å². The highest BCUT2D eigenvalue weighted by atomic mass is 16.5. The van der Waals surface area contributed by atoms with Crippen molar-refractivity contribution in [3.63, 3.8) is 0 Å². The minimum atomic E-state index is -0.278. The van der Waals surface area contributed by atoms with Crippen LogP contribution in [0.3, 0.4) is 0 Å². The van der Waals surface area contributed by atoms with Gasteiger partial charge in [0.2, 0.25) is 5.75 Å². The molecule has 1 amide bonds. The monoisotopic (exact) mass is 406 g/mol. The van der Waals surface area contributed by atoms with Crippen LogP contribution in [0.25, 0.3) is 11.3 Å². The molecule has 2 aromatic carbocycles. The highest BCUT2D eigenvalue weighted by molar-refractivity contribution is 5.95. The summed E-state index contributed by atoms with van der Waals surface area (Å²) in [6.45, 7) is 3.74. The maximum Gasteiger partial charge on any atom is 0.253 e. The SMILES string of the molecule is COc1cc(C(C)NC(=O)c2ccc(-c3ccccc3)nc2C)cc(OC)c1OC. The third-order valence-electron chi connectivity index (χ3n) is 4.93. The molecule has 1 atom stereocenters. The van der Waals surface area contributed by atoms with Crippen LogP contribution in [0.1, 0.15) is 34.6 Å². The standard InChI is InChI=1S/C24H26N2O4/c1-15(18-13-21(28-3)23(30-5)22(14-18)29-4)26-24(27)19-11-12-20(25-16(19)2)17-9-7-6-8-10-17/h6-15H,1-5H3,(H,26,27). The fraction of sp³-hybridized carbons (Fsp3) is 0.250. The van der Waals surface area contributed by atoms with Crippen molar-refractivity contribution >= 4 is 5.91 Å². The largest absolute Gasteiger partial charge is 0.493 e. The van der Waals surface area contributed by atoms with Crippen LogP contribution in [0.15, 0.2) is 54.6 Å². The quantitative estimate of drug-likeness (QED) is 0.622. The summed E-state index contributed by atoms with van der Waals surface area (Å²) in [6, 6.07) is 16.9. The number of nitrogens with zero attached hydrogens (tertiary/aromatic N) is 1. The summed E-state index contributed by atoms with van der Waals surface area (Å²) in [6.07, 6.45) is 0. The minimum absolute atomic E-state index is 0.194. The van der Waals surface area contributed by atoms with Gasteiger partial charge in [-0.2, -0.15) is 0 Å². The van der Waals surface area contributed by atoms with E-state index >= 15 is 0 Å². The van der Waals surface area contributed by atoms with Crippen LogP contribution in [0.4, 0.5) is 0 Å².